The first kappa shape index (κ1) is 46.7. The number of fused-ring (bicyclic) bond motifs is 2. The van der Waals surface area contributed by atoms with E-state index in [1.807, 2.05) is 84.9 Å². The first-order chi connectivity index (χ1) is 30.2. The summed E-state index contributed by atoms with van der Waals surface area (Å²) in [7, 11) is 0. The third-order valence-electron chi connectivity index (χ3n) is 11.9. The number of amides is 2. The maximum Gasteiger partial charge on any atom is 0.251 e. The molecule has 0 aromatic heterocycles. The molecule has 4 aromatic carbocycles. The minimum Gasteiger partial charge on any atom is -0.461 e. The minimum atomic E-state index is -1.46. The van der Waals surface area contributed by atoms with Gasteiger partial charge in [0.25, 0.3) is 11.8 Å². The van der Waals surface area contributed by atoms with Crippen LogP contribution >= 0.6 is 0 Å². The molecular formula is C50H62N8O5. The fourth-order valence-electron chi connectivity index (χ4n) is 8.21. The van der Waals surface area contributed by atoms with Crippen LogP contribution in [0.4, 0.5) is 11.4 Å². The van der Waals surface area contributed by atoms with E-state index in [4.69, 9.17) is 39.1 Å². The van der Waals surface area contributed by atoms with Crippen molar-refractivity contribution in [3.63, 3.8) is 0 Å². The van der Waals surface area contributed by atoms with Gasteiger partial charge in [0.2, 0.25) is 0 Å². The summed E-state index contributed by atoms with van der Waals surface area (Å²) in [6, 6.07) is 31.6. The number of nitrogens with zero attached hydrogens (tertiary/aromatic N) is 2. The number of aryl methyl sites for hydroxylation is 2. The van der Waals surface area contributed by atoms with Gasteiger partial charge >= 0.3 is 0 Å². The van der Waals surface area contributed by atoms with Gasteiger partial charge in [-0.15, -0.1) is 0 Å². The minimum absolute atomic E-state index is 0.0439. The normalized spacial score (nSPS) is 16.6. The van der Waals surface area contributed by atoms with Crippen LogP contribution < -0.4 is 44.2 Å². The summed E-state index contributed by atoms with van der Waals surface area (Å²) in [6.45, 7) is 3.85. The van der Waals surface area contributed by atoms with E-state index in [1.165, 1.54) is 9.80 Å². The summed E-state index contributed by atoms with van der Waals surface area (Å²) >= 11 is 0. The van der Waals surface area contributed by atoms with Crippen molar-refractivity contribution >= 4 is 34.8 Å². The van der Waals surface area contributed by atoms with Gasteiger partial charge in [-0.05, 0) is 113 Å². The maximum atomic E-state index is 15.1. The number of carbonyl (C=O) groups excluding carboxylic acids is 4. The average Bonchev–Trinajstić information content (AvgIpc) is 3.29. The van der Waals surface area contributed by atoms with Crippen molar-refractivity contribution in [2.75, 3.05) is 22.9 Å². The number of nitrogens with two attached hydrogens (primary N) is 6. The number of benzene rings is 4. The second-order valence-electron chi connectivity index (χ2n) is 17.1. The lowest BCUT2D eigenvalue weighted by molar-refractivity contribution is -0.125. The lowest BCUT2D eigenvalue weighted by Gasteiger charge is -2.40. The van der Waals surface area contributed by atoms with Crippen molar-refractivity contribution in [2.45, 2.75) is 101 Å². The molecule has 0 aliphatic carbocycles. The van der Waals surface area contributed by atoms with Crippen molar-refractivity contribution < 1.29 is 23.9 Å². The average molecular weight is 855 g/mol. The predicted molar refractivity (Wildman–Crippen MR) is 248 cm³/mol. The van der Waals surface area contributed by atoms with Gasteiger partial charge in [0.15, 0.2) is 11.6 Å². The Morgan fingerprint density at radius 3 is 1.29 bits per heavy atom. The summed E-state index contributed by atoms with van der Waals surface area (Å²) in [5.74, 6) is -2.07. The monoisotopic (exact) mass is 854 g/mol. The highest BCUT2D eigenvalue weighted by molar-refractivity contribution is 6.16. The Morgan fingerprint density at radius 2 is 0.921 bits per heavy atom. The summed E-state index contributed by atoms with van der Waals surface area (Å²) in [5.41, 5.74) is 40.0. The van der Waals surface area contributed by atoms with Crippen LogP contribution in [0.25, 0.3) is 0 Å². The van der Waals surface area contributed by atoms with Crippen LogP contribution in [0, 0.1) is 0 Å². The standard InChI is InChI=1S/C50H62N8O5/c1-49(55,27-13-29-51)47(61)57-39-21-11-9-19-35(39)31-41(43(57)45(59)37(53)25-23-33-15-5-3-6-16-33)63-42-32-36-20-10-12-22-40(36)58(48(62)50(2,56)28-14-30-52)44(42)46(60)38(54)26-24-34-17-7-4-8-18-34/h3-12,15-22,37-38H,13-14,23-32,51-56H2,1-2H3/t37-,38-,49-,50-/m0/s1. The molecule has 0 fully saturated rings. The number of rotatable bonds is 20. The number of para-hydroxylation sites is 2. The SMILES string of the molecule is C[C@](N)(CCCN)C(=O)N1C(C(=O)[C@@H](N)CCc2ccccc2)=C(OC2=C(C(=O)[C@@H](N)CCc3ccccc3)N(C(=O)[C@@](C)(N)CCCN)c3ccccc3C2)Cc2ccccc21. The molecule has 0 bridgehead atoms. The summed E-state index contributed by atoms with van der Waals surface area (Å²) < 4.78 is 6.98. The second kappa shape index (κ2) is 20.6. The molecule has 63 heavy (non-hydrogen) atoms. The molecule has 2 amide bonds. The summed E-state index contributed by atoms with van der Waals surface area (Å²) in [6.07, 6.45) is 2.97. The maximum absolute atomic E-state index is 15.1. The van der Waals surface area contributed by atoms with E-state index >= 15 is 9.59 Å². The zero-order valence-electron chi connectivity index (χ0n) is 36.4. The van der Waals surface area contributed by atoms with Gasteiger partial charge in [-0.3, -0.25) is 29.0 Å². The van der Waals surface area contributed by atoms with Gasteiger partial charge in [0, 0.05) is 12.8 Å². The second-order valence-corrected chi connectivity index (χ2v) is 17.1. The fourth-order valence-corrected chi connectivity index (χ4v) is 8.21. The van der Waals surface area contributed by atoms with Gasteiger partial charge in [-0.2, -0.15) is 0 Å². The van der Waals surface area contributed by atoms with E-state index in [9.17, 15) is 9.59 Å². The highest BCUT2D eigenvalue weighted by Crippen LogP contribution is 2.42. The number of hydrogen-bond donors (Lipinski definition) is 6. The molecule has 6 rings (SSSR count). The van der Waals surface area contributed by atoms with E-state index in [1.54, 1.807) is 38.1 Å². The highest BCUT2D eigenvalue weighted by Gasteiger charge is 2.45. The molecule has 0 spiro atoms. The van der Waals surface area contributed by atoms with Gasteiger partial charge in [0.05, 0.1) is 34.5 Å². The van der Waals surface area contributed by atoms with Crippen LogP contribution in [0.1, 0.15) is 74.6 Å². The van der Waals surface area contributed by atoms with E-state index in [2.05, 4.69) is 0 Å². The molecule has 12 N–H and O–H groups in total. The van der Waals surface area contributed by atoms with Crippen molar-refractivity contribution in [3.05, 3.63) is 154 Å². The molecule has 0 radical (unpaired) electrons. The molecule has 2 aliphatic rings. The highest BCUT2D eigenvalue weighted by atomic mass is 16.5. The van der Waals surface area contributed by atoms with Gasteiger partial charge < -0.3 is 39.1 Å². The molecule has 4 atom stereocenters. The fraction of sp³-hybridized carbons (Fsp3) is 0.360. The molecular weight excluding hydrogens is 793 g/mol. The Labute approximate surface area is 370 Å². The van der Waals surface area contributed by atoms with Crippen LogP contribution in [-0.4, -0.2) is 59.6 Å². The molecule has 13 heteroatoms. The van der Waals surface area contributed by atoms with E-state index < -0.39 is 46.5 Å². The number of allylic oxidation sites excluding steroid dienone is 2. The summed E-state index contributed by atoms with van der Waals surface area (Å²) in [5, 5.41) is 0. The van der Waals surface area contributed by atoms with E-state index in [0.717, 1.165) is 11.1 Å². The lowest BCUT2D eigenvalue weighted by atomic mass is 9.89. The van der Waals surface area contributed by atoms with E-state index in [-0.39, 0.29) is 61.4 Å². The molecule has 0 unspecified atom stereocenters. The number of ether oxygens (including phenoxy) is 1. The topological polar surface area (TPSA) is 240 Å². The van der Waals surface area contributed by atoms with Crippen molar-refractivity contribution in [1.82, 2.24) is 0 Å². The smallest absolute Gasteiger partial charge is 0.251 e. The Balaban J connectivity index is 1.55. The zero-order chi connectivity index (χ0) is 45.3. The van der Waals surface area contributed by atoms with Gasteiger partial charge in [-0.1, -0.05) is 97.1 Å². The molecule has 13 nitrogen and oxygen atoms in total. The lowest BCUT2D eigenvalue weighted by Crippen LogP contribution is -2.56. The van der Waals surface area contributed by atoms with E-state index in [0.29, 0.717) is 61.3 Å². The van der Waals surface area contributed by atoms with Crippen LogP contribution in [0.15, 0.2) is 132 Å². The Bertz CT molecular complexity index is 2180. The van der Waals surface area contributed by atoms with Gasteiger partial charge in [0.1, 0.15) is 22.9 Å². The quantitative estimate of drug-likeness (QED) is 0.0720. The summed E-state index contributed by atoms with van der Waals surface area (Å²) in [4.78, 5) is 62.6. The molecule has 332 valence electrons. The largest absolute Gasteiger partial charge is 0.461 e. The molecule has 2 heterocycles. The number of ketones is 2. The molecule has 0 saturated carbocycles. The third-order valence-corrected chi connectivity index (χ3v) is 11.9. The molecule has 2 aliphatic heterocycles. The Hall–Kier alpha value is -5.80. The number of Topliss-reactive ketones (excluding diaryl/α,β-unsaturated/α-hetero) is 2. The third kappa shape index (κ3) is 10.7. The number of carbonyl (C=O) groups is 4. The van der Waals surface area contributed by atoms with Crippen molar-refractivity contribution in [3.8, 4) is 0 Å². The first-order valence-electron chi connectivity index (χ1n) is 21.8. The van der Waals surface area contributed by atoms with Crippen LogP contribution in [0.5, 0.6) is 0 Å². The molecule has 4 aromatic rings. The Kier molecular flexibility index (Phi) is 15.3. The van der Waals surface area contributed by atoms with Crippen molar-refractivity contribution in [2.24, 2.45) is 34.4 Å². The number of anilines is 2. The zero-order valence-corrected chi connectivity index (χ0v) is 36.4. The van der Waals surface area contributed by atoms with Crippen LogP contribution in [0.2, 0.25) is 0 Å². The Morgan fingerprint density at radius 1 is 0.571 bits per heavy atom. The predicted octanol–water partition coefficient (Wildman–Crippen LogP) is 4.58. The van der Waals surface area contributed by atoms with Crippen LogP contribution in [0.3, 0.4) is 0 Å². The van der Waals surface area contributed by atoms with Crippen LogP contribution in [-0.2, 0) is 49.6 Å². The van der Waals surface area contributed by atoms with Crippen molar-refractivity contribution in [1.29, 1.82) is 0 Å². The first-order valence-corrected chi connectivity index (χ1v) is 21.8. The van der Waals surface area contributed by atoms with Gasteiger partial charge in [-0.25, -0.2) is 0 Å². The number of hydrogen-bond acceptors (Lipinski definition) is 11. The molecule has 0 saturated heterocycles.